The first kappa shape index (κ1) is 8.58. The van der Waals surface area contributed by atoms with Crippen molar-refractivity contribution in [1.29, 1.82) is 11.1 Å². The predicted octanol–water partition coefficient (Wildman–Crippen LogP) is -0.552. The van der Waals surface area contributed by atoms with E-state index in [0.29, 0.717) is 0 Å². The molecule has 0 spiro atoms. The normalized spacial score (nSPS) is 10.9. The lowest BCUT2D eigenvalue weighted by Gasteiger charge is -1.90. The van der Waals surface area contributed by atoms with Crippen LogP contribution in [0.4, 0.5) is 0 Å². The van der Waals surface area contributed by atoms with Gasteiger partial charge in [0.1, 0.15) is 27.4 Å². The molecule has 0 heterocycles. The molecule has 0 aromatic carbocycles. The molecule has 10 heavy (non-hydrogen) atoms. The number of aliphatic hydroxyl groups excluding tert-OH is 1. The Morgan fingerprint density at radius 3 is 1.90 bits per heavy atom. The topological polar surface area (TPSA) is 121 Å². The van der Waals surface area contributed by atoms with Crippen molar-refractivity contribution in [1.82, 2.24) is 9.82 Å². The van der Waals surface area contributed by atoms with Gasteiger partial charge in [0.05, 0.1) is 0 Å². The van der Waals surface area contributed by atoms with Gasteiger partial charge in [-0.15, -0.1) is 0 Å². The minimum atomic E-state index is -0.789. The highest BCUT2D eigenvalue weighted by Crippen LogP contribution is 1.82. The molecule has 0 saturated carbocycles. The van der Waals surface area contributed by atoms with Crippen molar-refractivity contribution in [3.8, 4) is 0 Å². The maximum Gasteiger partial charge on any atom is 0.214 e. The maximum atomic E-state index is 8.84. The molecular formula is C3H8N6O+2. The number of hydrogen-bond acceptors (Lipinski definition) is 5. The average Bonchev–Trinajstić information content (AvgIpc) is 1.97. The maximum absolute atomic E-state index is 8.84. The molecule has 3 N–H and O–H groups in total. The van der Waals surface area contributed by atoms with Gasteiger partial charge in [0.15, 0.2) is 13.1 Å². The van der Waals surface area contributed by atoms with E-state index in [1.54, 1.807) is 0 Å². The van der Waals surface area contributed by atoms with E-state index in [-0.39, 0.29) is 13.1 Å². The zero-order valence-corrected chi connectivity index (χ0v) is 5.23. The van der Waals surface area contributed by atoms with Gasteiger partial charge in [0.25, 0.3) is 0 Å². The van der Waals surface area contributed by atoms with Crippen LogP contribution in [0.1, 0.15) is 0 Å². The van der Waals surface area contributed by atoms with Crippen LogP contribution in [-0.2, 0) is 0 Å². The predicted molar refractivity (Wildman–Crippen MR) is 30.3 cm³/mol. The summed E-state index contributed by atoms with van der Waals surface area (Å²) in [5, 5.41) is 15.2. The van der Waals surface area contributed by atoms with Crippen molar-refractivity contribution in [3.63, 3.8) is 0 Å². The highest BCUT2D eigenvalue weighted by molar-refractivity contribution is 4.56. The minimum Gasteiger partial charge on any atom is -0.389 e. The first-order chi connectivity index (χ1) is 4.81. The first-order valence-corrected chi connectivity index (χ1v) is 2.55. The van der Waals surface area contributed by atoms with E-state index < -0.39 is 6.10 Å². The van der Waals surface area contributed by atoms with Gasteiger partial charge in [-0.25, -0.2) is 0 Å². The summed E-state index contributed by atoms with van der Waals surface area (Å²) >= 11 is 0. The van der Waals surface area contributed by atoms with Crippen LogP contribution >= 0.6 is 0 Å². The Kier molecular flexibility index (Phi) is 4.90. The molecule has 0 rings (SSSR count). The second kappa shape index (κ2) is 5.71. The molecule has 0 saturated heterocycles. The van der Waals surface area contributed by atoms with Gasteiger partial charge in [0, 0.05) is 0 Å². The Bertz CT molecular complexity index is 157. The lowest BCUT2D eigenvalue weighted by molar-refractivity contribution is 0.187. The number of aliphatic hydroxyl groups is 1. The van der Waals surface area contributed by atoms with E-state index in [2.05, 4.69) is 20.1 Å². The van der Waals surface area contributed by atoms with Crippen LogP contribution in [0.5, 0.6) is 0 Å². The fourth-order valence-corrected chi connectivity index (χ4v) is 0.328. The number of hydrogen-bond donors (Lipinski definition) is 3. The molecule has 0 aromatic rings. The molecule has 7 heteroatoms. The third kappa shape index (κ3) is 4.73. The number of nitrogens with zero attached hydrogens (tertiary/aromatic N) is 4. The zero-order valence-electron chi connectivity index (χ0n) is 5.23. The summed E-state index contributed by atoms with van der Waals surface area (Å²) in [7, 11) is 0. The lowest BCUT2D eigenvalue weighted by Crippen LogP contribution is -2.14. The van der Waals surface area contributed by atoms with Gasteiger partial charge in [-0.1, -0.05) is 0 Å². The fourth-order valence-electron chi connectivity index (χ4n) is 0.328. The van der Waals surface area contributed by atoms with Crippen LogP contribution in [-0.4, -0.2) is 24.3 Å². The second-order valence-corrected chi connectivity index (χ2v) is 1.50. The van der Waals surface area contributed by atoms with Gasteiger partial charge >= 0.3 is 0 Å². The minimum absolute atomic E-state index is 0.0303. The SMILES string of the molecule is N=[N+]=NCC(O)CN=[N+]=N. The highest BCUT2D eigenvalue weighted by atomic mass is 16.3. The van der Waals surface area contributed by atoms with Crippen molar-refractivity contribution in [2.24, 2.45) is 10.2 Å². The summed E-state index contributed by atoms with van der Waals surface area (Å²) in [6.45, 7) is 0.0606. The van der Waals surface area contributed by atoms with Crippen LogP contribution in [0, 0.1) is 11.1 Å². The molecule has 7 nitrogen and oxygen atoms in total. The molecule has 0 aliphatic heterocycles. The fraction of sp³-hybridized carbons (Fsp3) is 1.00. The molecular weight excluding hydrogens is 136 g/mol. The number of rotatable bonds is 4. The molecule has 0 atom stereocenters. The second-order valence-electron chi connectivity index (χ2n) is 1.50. The van der Waals surface area contributed by atoms with Crippen molar-refractivity contribution in [3.05, 3.63) is 0 Å². The van der Waals surface area contributed by atoms with Crippen LogP contribution < -0.4 is 9.82 Å². The Balaban J connectivity index is 3.52. The summed E-state index contributed by atoms with van der Waals surface area (Å²) in [6.07, 6.45) is -0.789. The van der Waals surface area contributed by atoms with Crippen LogP contribution in [0.15, 0.2) is 10.2 Å². The van der Waals surface area contributed by atoms with E-state index in [4.69, 9.17) is 16.2 Å². The lowest BCUT2D eigenvalue weighted by atomic mass is 10.4. The van der Waals surface area contributed by atoms with E-state index in [1.165, 1.54) is 0 Å². The Labute approximate surface area is 56.5 Å². The molecule has 54 valence electrons. The van der Waals surface area contributed by atoms with Gasteiger partial charge < -0.3 is 5.11 Å². The number of nitrogens with one attached hydrogen (secondary N) is 2. The van der Waals surface area contributed by atoms with Gasteiger partial charge in [-0.05, 0) is 0 Å². The monoisotopic (exact) mass is 144 g/mol. The molecule has 0 bridgehead atoms. The smallest absolute Gasteiger partial charge is 0.214 e. The van der Waals surface area contributed by atoms with Crippen molar-refractivity contribution in [2.45, 2.75) is 6.10 Å². The zero-order chi connectivity index (χ0) is 7.82. The van der Waals surface area contributed by atoms with Gasteiger partial charge in [0.2, 0.25) is 9.82 Å². The standard InChI is InChI=1S/C3H8N6O/c4-8-6-1-3(10)2-7-9-5/h3-5,10H,1-2H2/q+2. The van der Waals surface area contributed by atoms with Gasteiger partial charge in [-0.3, -0.25) is 0 Å². The first-order valence-electron chi connectivity index (χ1n) is 2.55. The summed E-state index contributed by atoms with van der Waals surface area (Å²) in [5.41, 5.74) is 12.5. The third-order valence-electron chi connectivity index (χ3n) is 0.726. The van der Waals surface area contributed by atoms with E-state index in [9.17, 15) is 0 Å². The highest BCUT2D eigenvalue weighted by Gasteiger charge is 2.06. The van der Waals surface area contributed by atoms with Gasteiger partial charge in [-0.2, -0.15) is 0 Å². The van der Waals surface area contributed by atoms with E-state index in [1.807, 2.05) is 0 Å². The van der Waals surface area contributed by atoms with E-state index in [0.717, 1.165) is 0 Å². The van der Waals surface area contributed by atoms with Crippen LogP contribution in [0.2, 0.25) is 0 Å². The van der Waals surface area contributed by atoms with Crippen LogP contribution in [0.25, 0.3) is 0 Å². The van der Waals surface area contributed by atoms with Crippen molar-refractivity contribution < 1.29 is 5.11 Å². The molecule has 0 radical (unpaired) electrons. The quantitative estimate of drug-likeness (QED) is 0.355. The molecule has 0 fully saturated rings. The van der Waals surface area contributed by atoms with Crippen LogP contribution in [0.3, 0.4) is 0 Å². The molecule has 0 aromatic heterocycles. The third-order valence-corrected chi connectivity index (χ3v) is 0.726. The summed E-state index contributed by atoms with van der Waals surface area (Å²) in [4.78, 5) is 5.36. The summed E-state index contributed by atoms with van der Waals surface area (Å²) < 4.78 is 0. The van der Waals surface area contributed by atoms with Crippen molar-refractivity contribution >= 4 is 0 Å². The van der Waals surface area contributed by atoms with E-state index >= 15 is 0 Å². The van der Waals surface area contributed by atoms with Crippen molar-refractivity contribution in [2.75, 3.05) is 13.1 Å². The Morgan fingerprint density at radius 1 is 1.20 bits per heavy atom. The molecule has 0 aliphatic rings. The summed E-state index contributed by atoms with van der Waals surface area (Å²) in [5.74, 6) is 0. The Hall–Kier alpha value is -1.42. The molecule has 0 amide bonds. The average molecular weight is 144 g/mol. The summed E-state index contributed by atoms with van der Waals surface area (Å²) in [6, 6.07) is 0. The molecule has 0 aliphatic carbocycles. The molecule has 0 unspecified atom stereocenters. The largest absolute Gasteiger partial charge is 0.389 e. The Morgan fingerprint density at radius 2 is 1.60 bits per heavy atom.